The Morgan fingerprint density at radius 2 is 1.92 bits per heavy atom. The molecular weight excluding hydrogens is 172 g/mol. The molecule has 1 aromatic rings. The van der Waals surface area contributed by atoms with Gasteiger partial charge in [0.2, 0.25) is 0 Å². The Morgan fingerprint density at radius 1 is 1.33 bits per heavy atom. The van der Waals surface area contributed by atoms with E-state index >= 15 is 0 Å². The van der Waals surface area contributed by atoms with Gasteiger partial charge in [-0.1, -0.05) is 37.3 Å². The zero-order chi connectivity index (χ0) is 8.97. The zero-order valence-electron chi connectivity index (χ0n) is 6.91. The lowest BCUT2D eigenvalue weighted by Crippen LogP contribution is -2.10. The predicted octanol–water partition coefficient (Wildman–Crippen LogP) is 2.60. The second-order valence-corrected chi connectivity index (χ2v) is 3.28. The number of hydrogen-bond donors (Lipinski definition) is 0. The molecule has 2 heteroatoms. The molecule has 0 unspecified atom stereocenters. The summed E-state index contributed by atoms with van der Waals surface area (Å²) < 4.78 is 0. The van der Waals surface area contributed by atoms with Crippen LogP contribution in [-0.2, 0) is 4.79 Å². The first-order chi connectivity index (χ1) is 5.75. The van der Waals surface area contributed by atoms with Gasteiger partial charge in [-0.3, -0.25) is 0 Å². The van der Waals surface area contributed by atoms with Gasteiger partial charge in [0.05, 0.1) is 5.38 Å². The Kier molecular flexibility index (Phi) is 3.30. The Hall–Kier alpha value is -0.820. The number of hydrogen-bond acceptors (Lipinski definition) is 1. The fourth-order valence-corrected chi connectivity index (χ4v) is 1.20. The van der Waals surface area contributed by atoms with Crippen molar-refractivity contribution in [2.45, 2.75) is 18.2 Å². The molecule has 0 aliphatic heterocycles. The van der Waals surface area contributed by atoms with Crippen molar-refractivity contribution >= 4 is 17.9 Å². The summed E-state index contributed by atoms with van der Waals surface area (Å²) in [5, 5.41) is -0.424. The summed E-state index contributed by atoms with van der Waals surface area (Å²) in [6.45, 7) is 1.95. The quantitative estimate of drug-likeness (QED) is 0.519. The molecule has 0 aliphatic carbocycles. The molecule has 0 aromatic heterocycles. The molecule has 1 rings (SSSR count). The van der Waals surface area contributed by atoms with Gasteiger partial charge in [-0.15, -0.1) is 11.6 Å². The summed E-state index contributed by atoms with van der Waals surface area (Å²) >= 11 is 5.78. The van der Waals surface area contributed by atoms with Crippen molar-refractivity contribution in [3.05, 3.63) is 35.9 Å². The molecule has 0 fully saturated rings. The van der Waals surface area contributed by atoms with E-state index in [-0.39, 0.29) is 5.92 Å². The van der Waals surface area contributed by atoms with E-state index in [0.717, 1.165) is 11.8 Å². The van der Waals surface area contributed by atoms with Gasteiger partial charge >= 0.3 is 0 Å². The van der Waals surface area contributed by atoms with E-state index in [9.17, 15) is 4.79 Å². The third-order valence-corrected chi connectivity index (χ3v) is 2.41. The Morgan fingerprint density at radius 3 is 2.42 bits per heavy atom. The molecule has 12 heavy (non-hydrogen) atoms. The summed E-state index contributed by atoms with van der Waals surface area (Å²) in [5.41, 5.74) is 1.10. The maximum atomic E-state index is 10.4. The molecule has 0 bridgehead atoms. The van der Waals surface area contributed by atoms with Crippen LogP contribution in [0.3, 0.4) is 0 Å². The average molecular weight is 183 g/mol. The molecule has 0 aliphatic rings. The number of alkyl halides is 1. The summed E-state index contributed by atoms with van der Waals surface area (Å²) in [4.78, 5) is 10.4. The van der Waals surface area contributed by atoms with Crippen LogP contribution >= 0.6 is 11.6 Å². The fraction of sp³-hybridized carbons (Fsp3) is 0.300. The number of carbonyl (C=O) groups is 1. The van der Waals surface area contributed by atoms with Gasteiger partial charge < -0.3 is 4.79 Å². The lowest BCUT2D eigenvalue weighted by atomic mass is 9.98. The average Bonchev–Trinajstić information content (AvgIpc) is 2.17. The molecule has 64 valence electrons. The van der Waals surface area contributed by atoms with Crippen molar-refractivity contribution < 1.29 is 4.79 Å². The summed E-state index contributed by atoms with van der Waals surface area (Å²) in [6.07, 6.45) is 0.777. The van der Waals surface area contributed by atoms with Gasteiger partial charge in [-0.25, -0.2) is 0 Å². The van der Waals surface area contributed by atoms with Gasteiger partial charge in [0.15, 0.2) is 0 Å². The second-order valence-electron chi connectivity index (χ2n) is 2.78. The van der Waals surface area contributed by atoms with E-state index in [2.05, 4.69) is 0 Å². The molecule has 0 saturated carbocycles. The van der Waals surface area contributed by atoms with Gasteiger partial charge in [-0.2, -0.15) is 0 Å². The molecule has 1 aromatic carbocycles. The normalized spacial score (nSPS) is 15.2. The lowest BCUT2D eigenvalue weighted by Gasteiger charge is -2.12. The minimum Gasteiger partial charge on any atom is -0.302 e. The van der Waals surface area contributed by atoms with Crippen LogP contribution in [0.1, 0.15) is 18.4 Å². The van der Waals surface area contributed by atoms with Crippen molar-refractivity contribution in [2.75, 3.05) is 0 Å². The topological polar surface area (TPSA) is 17.1 Å². The third kappa shape index (κ3) is 2.08. The highest BCUT2D eigenvalue weighted by Gasteiger charge is 2.14. The largest absolute Gasteiger partial charge is 0.302 e. The SMILES string of the molecule is C[C@H](c1ccccc1)[C@@H](Cl)C=O. The smallest absolute Gasteiger partial charge is 0.138 e. The van der Waals surface area contributed by atoms with E-state index in [0.29, 0.717) is 0 Å². The van der Waals surface area contributed by atoms with Crippen LogP contribution in [0.4, 0.5) is 0 Å². The van der Waals surface area contributed by atoms with Crippen molar-refractivity contribution in [1.82, 2.24) is 0 Å². The monoisotopic (exact) mass is 182 g/mol. The molecule has 0 heterocycles. The number of aldehydes is 1. The number of halogens is 1. The highest BCUT2D eigenvalue weighted by Crippen LogP contribution is 2.21. The van der Waals surface area contributed by atoms with E-state index in [1.54, 1.807) is 0 Å². The molecule has 0 amide bonds. The molecule has 0 saturated heterocycles. The first-order valence-electron chi connectivity index (χ1n) is 3.90. The number of carbonyl (C=O) groups excluding carboxylic acids is 1. The van der Waals surface area contributed by atoms with Gasteiger partial charge in [0.25, 0.3) is 0 Å². The van der Waals surface area contributed by atoms with Crippen molar-refractivity contribution in [1.29, 1.82) is 0 Å². The third-order valence-electron chi connectivity index (χ3n) is 1.93. The molecule has 2 atom stereocenters. The minimum atomic E-state index is -0.424. The molecule has 0 N–H and O–H groups in total. The molecule has 0 spiro atoms. The Balaban J connectivity index is 2.78. The van der Waals surface area contributed by atoms with Crippen LogP contribution in [0.2, 0.25) is 0 Å². The minimum absolute atomic E-state index is 0.0883. The number of benzene rings is 1. The Labute approximate surface area is 77.4 Å². The fourth-order valence-electron chi connectivity index (χ4n) is 1.06. The van der Waals surface area contributed by atoms with Gasteiger partial charge in [0, 0.05) is 5.92 Å². The molecule has 1 nitrogen and oxygen atoms in total. The standard InChI is InChI=1S/C10H11ClO/c1-8(10(11)7-12)9-5-3-2-4-6-9/h2-8,10H,1H3/t8-,10+/m1/s1. The van der Waals surface area contributed by atoms with Crippen LogP contribution in [0.15, 0.2) is 30.3 Å². The van der Waals surface area contributed by atoms with E-state index in [1.807, 2.05) is 37.3 Å². The summed E-state index contributed by atoms with van der Waals surface area (Å²) in [7, 11) is 0. The lowest BCUT2D eigenvalue weighted by molar-refractivity contribution is -0.107. The number of rotatable bonds is 3. The second kappa shape index (κ2) is 4.27. The van der Waals surface area contributed by atoms with E-state index in [4.69, 9.17) is 11.6 Å². The first kappa shape index (κ1) is 9.27. The first-order valence-corrected chi connectivity index (χ1v) is 4.33. The zero-order valence-corrected chi connectivity index (χ0v) is 7.66. The van der Waals surface area contributed by atoms with Crippen LogP contribution in [0.5, 0.6) is 0 Å². The van der Waals surface area contributed by atoms with Crippen molar-refractivity contribution in [3.63, 3.8) is 0 Å². The maximum Gasteiger partial charge on any atom is 0.138 e. The van der Waals surface area contributed by atoms with Crippen LogP contribution in [-0.4, -0.2) is 11.7 Å². The van der Waals surface area contributed by atoms with Gasteiger partial charge in [-0.05, 0) is 5.56 Å². The van der Waals surface area contributed by atoms with Gasteiger partial charge in [0.1, 0.15) is 6.29 Å². The van der Waals surface area contributed by atoms with Crippen LogP contribution < -0.4 is 0 Å². The highest BCUT2D eigenvalue weighted by molar-refractivity contribution is 6.28. The predicted molar refractivity (Wildman–Crippen MR) is 50.6 cm³/mol. The van der Waals surface area contributed by atoms with Crippen molar-refractivity contribution in [2.24, 2.45) is 0 Å². The Bertz CT molecular complexity index is 245. The summed E-state index contributed by atoms with van der Waals surface area (Å²) in [5.74, 6) is 0.0883. The van der Waals surface area contributed by atoms with Crippen LogP contribution in [0.25, 0.3) is 0 Å². The van der Waals surface area contributed by atoms with Crippen molar-refractivity contribution in [3.8, 4) is 0 Å². The van der Waals surface area contributed by atoms with E-state index in [1.165, 1.54) is 0 Å². The maximum absolute atomic E-state index is 10.4. The molecular formula is C10H11ClO. The van der Waals surface area contributed by atoms with E-state index < -0.39 is 5.38 Å². The summed E-state index contributed by atoms with van der Waals surface area (Å²) in [6, 6.07) is 9.79. The highest BCUT2D eigenvalue weighted by atomic mass is 35.5. The van der Waals surface area contributed by atoms with Crippen LogP contribution in [0, 0.1) is 0 Å². The molecule has 0 radical (unpaired) electrons.